The first kappa shape index (κ1) is 20.3. The second-order valence-electron chi connectivity index (χ2n) is 7.89. The van der Waals surface area contributed by atoms with Crippen molar-refractivity contribution in [2.24, 2.45) is 0 Å². The summed E-state index contributed by atoms with van der Waals surface area (Å²) in [6, 6.07) is 16.6. The van der Waals surface area contributed by atoms with Gasteiger partial charge in [-0.15, -0.1) is 0 Å². The zero-order valence-electron chi connectivity index (χ0n) is 17.3. The maximum atomic E-state index is 9.67. The molecule has 152 valence electrons. The van der Waals surface area contributed by atoms with Gasteiger partial charge in [0.05, 0.1) is 0 Å². The van der Waals surface area contributed by atoms with Crippen LogP contribution in [0.15, 0.2) is 48.5 Å². The quantitative estimate of drug-likeness (QED) is 0.516. The molecule has 1 aliphatic heterocycles. The number of hydrogen-bond donors (Lipinski definition) is 1. The molecule has 2 heterocycles. The van der Waals surface area contributed by atoms with Crippen molar-refractivity contribution >= 4 is 14.5 Å². The summed E-state index contributed by atoms with van der Waals surface area (Å²) in [5, 5.41) is 9.67. The van der Waals surface area contributed by atoms with Crippen molar-refractivity contribution in [1.29, 1.82) is 0 Å². The zero-order valence-corrected chi connectivity index (χ0v) is 19.0. The Morgan fingerprint density at radius 1 is 0.862 bits per heavy atom. The Bertz CT molecular complexity index is 973. The van der Waals surface area contributed by atoms with Crippen LogP contribution in [-0.4, -0.2) is 50.8 Å². The molecule has 0 spiro atoms. The fourth-order valence-corrected chi connectivity index (χ4v) is 6.52. The summed E-state index contributed by atoms with van der Waals surface area (Å²) in [7, 11) is 0. The molecule has 3 nitrogen and oxygen atoms in total. The Kier molecular flexibility index (Phi) is 6.44. The molecule has 0 unspecified atom stereocenters. The molecule has 1 saturated heterocycles. The van der Waals surface area contributed by atoms with Crippen molar-refractivity contribution in [1.82, 2.24) is 4.90 Å². The number of aryl methyl sites for hydroxylation is 2. The first-order chi connectivity index (χ1) is 14.1. The van der Waals surface area contributed by atoms with Crippen LogP contribution in [-0.2, 0) is 0 Å². The second-order valence-corrected chi connectivity index (χ2v) is 10.2. The van der Waals surface area contributed by atoms with Gasteiger partial charge in [-0.25, -0.2) is 0 Å². The van der Waals surface area contributed by atoms with E-state index in [-0.39, 0.29) is 14.5 Å². The van der Waals surface area contributed by atoms with E-state index in [0.29, 0.717) is 5.75 Å². The van der Waals surface area contributed by atoms with Crippen molar-refractivity contribution in [3.63, 3.8) is 0 Å². The minimum absolute atomic E-state index is 0.267. The number of hydrogen-bond acceptors (Lipinski definition) is 3. The van der Waals surface area contributed by atoms with Gasteiger partial charge in [-0.2, -0.15) is 0 Å². The SMILES string of the molecule is Cc1cc(O)ccc1-c1ccc(-c2ccc(OCCN3CCCCC3)cc2C)[se]1. The van der Waals surface area contributed by atoms with Crippen LogP contribution >= 0.6 is 0 Å². The average molecular weight is 454 g/mol. The molecule has 1 aromatic heterocycles. The van der Waals surface area contributed by atoms with Gasteiger partial charge >= 0.3 is 180 Å². The molecule has 1 N–H and O–H groups in total. The van der Waals surface area contributed by atoms with E-state index >= 15 is 0 Å². The molecule has 1 aliphatic rings. The molecular weight excluding hydrogens is 425 g/mol. The third-order valence-corrected chi connectivity index (χ3v) is 8.09. The molecule has 4 rings (SSSR count). The molecule has 4 heteroatoms. The molecule has 1 fully saturated rings. The standard InChI is InChI=1S/C25H29NO2Se/c1-18-16-20(27)6-8-22(18)24-10-11-25(29-24)23-9-7-21(17-19(23)2)28-15-14-26-12-4-3-5-13-26/h6-11,16-17,27H,3-5,12-15H2,1-2H3. The average Bonchev–Trinajstić information content (AvgIpc) is 3.18. The summed E-state index contributed by atoms with van der Waals surface area (Å²) in [4.78, 5) is 2.51. The zero-order chi connectivity index (χ0) is 20.2. The molecule has 2 aromatic carbocycles. The van der Waals surface area contributed by atoms with E-state index in [2.05, 4.69) is 49.1 Å². The number of likely N-dealkylation sites (tertiary alicyclic amines) is 1. The number of phenolic OH excluding ortho intramolecular Hbond substituents is 1. The fraction of sp³-hybridized carbons (Fsp3) is 0.360. The Hall–Kier alpha value is -2.00. The van der Waals surface area contributed by atoms with Crippen molar-refractivity contribution < 1.29 is 9.84 Å². The van der Waals surface area contributed by atoms with Crippen LogP contribution in [0.4, 0.5) is 0 Å². The van der Waals surface area contributed by atoms with E-state index in [1.807, 2.05) is 12.1 Å². The van der Waals surface area contributed by atoms with Gasteiger partial charge in [0, 0.05) is 0 Å². The molecular formula is C25H29NO2Se. The molecule has 0 atom stereocenters. The van der Waals surface area contributed by atoms with Gasteiger partial charge < -0.3 is 0 Å². The van der Waals surface area contributed by atoms with Crippen LogP contribution in [0.2, 0.25) is 0 Å². The van der Waals surface area contributed by atoms with Gasteiger partial charge in [-0.1, -0.05) is 0 Å². The van der Waals surface area contributed by atoms with Gasteiger partial charge in [-0.05, 0) is 0 Å². The molecule has 0 radical (unpaired) electrons. The van der Waals surface area contributed by atoms with Crippen molar-refractivity contribution in [2.75, 3.05) is 26.2 Å². The van der Waals surface area contributed by atoms with Crippen LogP contribution < -0.4 is 4.74 Å². The Balaban J connectivity index is 1.43. The third-order valence-electron chi connectivity index (χ3n) is 5.67. The summed E-state index contributed by atoms with van der Waals surface area (Å²) in [6.45, 7) is 8.45. The number of nitrogens with zero attached hydrogens (tertiary/aromatic N) is 1. The van der Waals surface area contributed by atoms with Crippen molar-refractivity contribution in [3.05, 3.63) is 59.7 Å². The molecule has 0 bridgehead atoms. The molecule has 0 aliphatic carbocycles. The minimum atomic E-state index is 0.267. The van der Waals surface area contributed by atoms with E-state index in [9.17, 15) is 5.11 Å². The second kappa shape index (κ2) is 9.21. The summed E-state index contributed by atoms with van der Waals surface area (Å²) in [5.41, 5.74) is 4.95. The number of benzene rings is 2. The maximum absolute atomic E-state index is 9.67. The molecule has 3 aromatic rings. The van der Waals surface area contributed by atoms with Gasteiger partial charge in [0.25, 0.3) is 0 Å². The number of aromatic hydroxyl groups is 1. The molecule has 0 amide bonds. The van der Waals surface area contributed by atoms with Crippen molar-refractivity contribution in [2.45, 2.75) is 33.1 Å². The van der Waals surface area contributed by atoms with Gasteiger partial charge in [0.15, 0.2) is 0 Å². The third kappa shape index (κ3) is 4.95. The number of ether oxygens (including phenoxy) is 1. The number of phenols is 1. The van der Waals surface area contributed by atoms with E-state index < -0.39 is 0 Å². The summed E-state index contributed by atoms with van der Waals surface area (Å²) < 4.78 is 8.80. The number of piperidine rings is 1. The monoisotopic (exact) mass is 455 g/mol. The fourth-order valence-electron chi connectivity index (χ4n) is 4.03. The number of rotatable bonds is 6. The summed E-state index contributed by atoms with van der Waals surface area (Å²) in [6.07, 6.45) is 4.02. The van der Waals surface area contributed by atoms with E-state index in [0.717, 1.165) is 24.5 Å². The predicted molar refractivity (Wildman–Crippen MR) is 121 cm³/mol. The van der Waals surface area contributed by atoms with Gasteiger partial charge in [0.2, 0.25) is 0 Å². The van der Waals surface area contributed by atoms with Crippen LogP contribution in [0.1, 0.15) is 30.4 Å². The van der Waals surface area contributed by atoms with Crippen LogP contribution in [0, 0.1) is 13.8 Å². The summed E-state index contributed by atoms with van der Waals surface area (Å²) in [5.74, 6) is 1.30. The van der Waals surface area contributed by atoms with E-state index in [1.54, 1.807) is 6.07 Å². The van der Waals surface area contributed by atoms with Gasteiger partial charge in [-0.3, -0.25) is 0 Å². The Morgan fingerprint density at radius 3 is 2.17 bits per heavy atom. The van der Waals surface area contributed by atoms with E-state index in [4.69, 9.17) is 4.74 Å². The molecule has 0 saturated carbocycles. The first-order valence-corrected chi connectivity index (χ1v) is 12.2. The van der Waals surface area contributed by atoms with Gasteiger partial charge in [0.1, 0.15) is 0 Å². The normalized spacial score (nSPS) is 14.8. The first-order valence-electron chi connectivity index (χ1n) is 10.5. The Morgan fingerprint density at radius 2 is 1.52 bits per heavy atom. The molecule has 29 heavy (non-hydrogen) atoms. The van der Waals surface area contributed by atoms with E-state index in [1.165, 1.54) is 57.9 Å². The Labute approximate surface area is 179 Å². The predicted octanol–water partition coefficient (Wildman–Crippen LogP) is 5.26. The summed E-state index contributed by atoms with van der Waals surface area (Å²) >= 11 is 0.267. The topological polar surface area (TPSA) is 32.7 Å². The van der Waals surface area contributed by atoms with Crippen LogP contribution in [0.25, 0.3) is 20.0 Å². The van der Waals surface area contributed by atoms with Crippen molar-refractivity contribution in [3.8, 4) is 31.5 Å². The van der Waals surface area contributed by atoms with Crippen LogP contribution in [0.3, 0.4) is 0 Å². The van der Waals surface area contributed by atoms with Crippen LogP contribution in [0.5, 0.6) is 11.5 Å².